The molecule has 5 heteroatoms. The molecule has 1 aliphatic heterocycles. The quantitative estimate of drug-likeness (QED) is 0.619. The number of aromatic nitrogens is 1. The first-order valence-electron chi connectivity index (χ1n) is 10.0. The fourth-order valence-electron chi connectivity index (χ4n) is 4.12. The number of nitrogens with zero attached hydrogens (tertiary/aromatic N) is 3. The van der Waals surface area contributed by atoms with Crippen LogP contribution in [0.4, 0.5) is 4.39 Å². The Morgan fingerprint density at radius 3 is 2.69 bits per heavy atom. The number of piperidine rings is 1. The molecule has 0 aliphatic carbocycles. The zero-order chi connectivity index (χ0) is 20.4. The van der Waals surface area contributed by atoms with E-state index in [1.165, 1.54) is 6.07 Å². The second-order valence-corrected chi connectivity index (χ2v) is 7.63. The highest BCUT2D eigenvalue weighted by Crippen LogP contribution is 2.31. The normalized spacial score (nSPS) is 16.5. The molecule has 4 nitrogen and oxygen atoms in total. The standard InChI is InChI=1S/C24H24FN3O/c1-16-14-23(21-8-5-9-22(25)24(21)27-16)29-19-10-12-28(13-11-19)17(2)20-7-4-3-6-18(20)15-26/h3-9,14,17,19H,10-13H2,1-2H3. The molecule has 29 heavy (non-hydrogen) atoms. The van der Waals surface area contributed by atoms with Crippen LogP contribution >= 0.6 is 0 Å². The lowest BCUT2D eigenvalue weighted by Gasteiger charge is -2.36. The molecule has 0 radical (unpaired) electrons. The minimum Gasteiger partial charge on any atom is -0.490 e. The van der Waals surface area contributed by atoms with Gasteiger partial charge in [-0.2, -0.15) is 5.26 Å². The molecule has 3 aromatic rings. The molecule has 148 valence electrons. The fourth-order valence-corrected chi connectivity index (χ4v) is 4.12. The highest BCUT2D eigenvalue weighted by molar-refractivity contribution is 5.85. The highest BCUT2D eigenvalue weighted by Gasteiger charge is 2.26. The Hall–Kier alpha value is -2.97. The van der Waals surface area contributed by atoms with E-state index in [2.05, 4.69) is 22.9 Å². The van der Waals surface area contributed by atoms with E-state index in [0.29, 0.717) is 16.7 Å². The number of hydrogen-bond acceptors (Lipinski definition) is 4. The van der Waals surface area contributed by atoms with Crippen molar-refractivity contribution in [3.8, 4) is 11.8 Å². The topological polar surface area (TPSA) is 49.1 Å². The third kappa shape index (κ3) is 3.94. The van der Waals surface area contributed by atoms with Crippen molar-refractivity contribution < 1.29 is 9.13 Å². The first-order valence-corrected chi connectivity index (χ1v) is 10.0. The Kier molecular flexibility index (Phi) is 5.46. The molecule has 1 unspecified atom stereocenters. The second-order valence-electron chi connectivity index (χ2n) is 7.63. The number of fused-ring (bicyclic) bond motifs is 1. The summed E-state index contributed by atoms with van der Waals surface area (Å²) in [6.45, 7) is 5.79. The van der Waals surface area contributed by atoms with E-state index in [-0.39, 0.29) is 18.0 Å². The van der Waals surface area contributed by atoms with Crippen LogP contribution in [-0.4, -0.2) is 29.1 Å². The van der Waals surface area contributed by atoms with Crippen molar-refractivity contribution in [3.63, 3.8) is 0 Å². The summed E-state index contributed by atoms with van der Waals surface area (Å²) in [5.41, 5.74) is 2.91. The third-order valence-electron chi connectivity index (χ3n) is 5.73. The number of nitriles is 1. The van der Waals surface area contributed by atoms with Gasteiger partial charge in [-0.05, 0) is 50.5 Å². The Morgan fingerprint density at radius 1 is 1.17 bits per heavy atom. The lowest BCUT2D eigenvalue weighted by atomic mass is 9.98. The van der Waals surface area contributed by atoms with Crippen LogP contribution in [0, 0.1) is 24.1 Å². The van der Waals surface area contributed by atoms with Gasteiger partial charge in [0.2, 0.25) is 0 Å². The van der Waals surface area contributed by atoms with Crippen LogP contribution in [0.3, 0.4) is 0 Å². The molecule has 0 saturated carbocycles. The summed E-state index contributed by atoms with van der Waals surface area (Å²) in [5.74, 6) is 0.379. The molecule has 0 amide bonds. The average molecular weight is 389 g/mol. The van der Waals surface area contributed by atoms with Crippen LogP contribution in [0.1, 0.15) is 42.6 Å². The molecule has 1 atom stereocenters. The number of para-hydroxylation sites is 1. The zero-order valence-electron chi connectivity index (χ0n) is 16.7. The highest BCUT2D eigenvalue weighted by atomic mass is 19.1. The summed E-state index contributed by atoms with van der Waals surface area (Å²) in [7, 11) is 0. The molecular weight excluding hydrogens is 365 g/mol. The summed E-state index contributed by atoms with van der Waals surface area (Å²) in [6.07, 6.45) is 1.85. The molecule has 1 saturated heterocycles. The number of ether oxygens (including phenoxy) is 1. The van der Waals surface area contributed by atoms with Crippen molar-refractivity contribution >= 4 is 10.9 Å². The van der Waals surface area contributed by atoms with Crippen molar-refractivity contribution in [2.24, 2.45) is 0 Å². The van der Waals surface area contributed by atoms with Gasteiger partial charge in [-0.3, -0.25) is 4.90 Å². The summed E-state index contributed by atoms with van der Waals surface area (Å²) < 4.78 is 20.4. The van der Waals surface area contributed by atoms with Gasteiger partial charge in [0.05, 0.1) is 11.6 Å². The predicted molar refractivity (Wildman–Crippen MR) is 111 cm³/mol. The molecule has 1 aromatic heterocycles. The van der Waals surface area contributed by atoms with Gasteiger partial charge in [-0.25, -0.2) is 9.37 Å². The number of likely N-dealkylation sites (tertiary alicyclic amines) is 1. The third-order valence-corrected chi connectivity index (χ3v) is 5.73. The molecule has 2 aromatic carbocycles. The largest absolute Gasteiger partial charge is 0.490 e. The maximum atomic E-state index is 14.1. The molecule has 0 spiro atoms. The van der Waals surface area contributed by atoms with E-state index < -0.39 is 0 Å². The van der Waals surface area contributed by atoms with Crippen molar-refractivity contribution in [2.75, 3.05) is 13.1 Å². The summed E-state index contributed by atoms with van der Waals surface area (Å²) >= 11 is 0. The van der Waals surface area contributed by atoms with Gasteiger partial charge in [-0.1, -0.05) is 24.3 Å². The minimum absolute atomic E-state index is 0.0814. The van der Waals surface area contributed by atoms with E-state index >= 15 is 0 Å². The first kappa shape index (κ1) is 19.4. The van der Waals surface area contributed by atoms with Crippen molar-refractivity contribution in [3.05, 3.63) is 71.2 Å². The predicted octanol–water partition coefficient (Wildman–Crippen LogP) is 5.16. The smallest absolute Gasteiger partial charge is 0.149 e. The Balaban J connectivity index is 1.47. The molecule has 0 N–H and O–H groups in total. The van der Waals surface area contributed by atoms with Gasteiger partial charge in [0.1, 0.15) is 23.2 Å². The van der Waals surface area contributed by atoms with Gasteiger partial charge in [0, 0.05) is 36.3 Å². The first-order chi connectivity index (χ1) is 14.1. The van der Waals surface area contributed by atoms with Gasteiger partial charge >= 0.3 is 0 Å². The number of hydrogen-bond donors (Lipinski definition) is 0. The number of pyridine rings is 1. The van der Waals surface area contributed by atoms with Gasteiger partial charge in [0.15, 0.2) is 0 Å². The molecular formula is C24H24FN3O. The molecule has 0 bridgehead atoms. The number of benzene rings is 2. The number of aryl methyl sites for hydroxylation is 1. The van der Waals surface area contributed by atoms with Crippen LogP contribution in [-0.2, 0) is 0 Å². The Bertz CT molecular complexity index is 1070. The lowest BCUT2D eigenvalue weighted by molar-refractivity contribution is 0.0805. The van der Waals surface area contributed by atoms with Crippen molar-refractivity contribution in [1.29, 1.82) is 5.26 Å². The van der Waals surface area contributed by atoms with E-state index in [1.807, 2.05) is 43.3 Å². The van der Waals surface area contributed by atoms with E-state index in [0.717, 1.165) is 42.8 Å². The molecule has 4 rings (SSSR count). The van der Waals surface area contributed by atoms with Crippen molar-refractivity contribution in [1.82, 2.24) is 9.88 Å². The summed E-state index contributed by atoms with van der Waals surface area (Å²) in [4.78, 5) is 6.72. The minimum atomic E-state index is -0.323. The molecule has 1 fully saturated rings. The Labute approximate surface area is 170 Å². The Morgan fingerprint density at radius 2 is 1.93 bits per heavy atom. The number of rotatable bonds is 4. The van der Waals surface area contributed by atoms with Gasteiger partial charge < -0.3 is 4.74 Å². The molecule has 2 heterocycles. The fraction of sp³-hybridized carbons (Fsp3) is 0.333. The monoisotopic (exact) mass is 389 g/mol. The maximum absolute atomic E-state index is 14.1. The summed E-state index contributed by atoms with van der Waals surface area (Å²) in [5, 5.41) is 10.1. The molecule has 1 aliphatic rings. The van der Waals surface area contributed by atoms with Gasteiger partial charge in [-0.15, -0.1) is 0 Å². The van der Waals surface area contributed by atoms with E-state index in [1.54, 1.807) is 6.07 Å². The van der Waals surface area contributed by atoms with E-state index in [9.17, 15) is 9.65 Å². The van der Waals surface area contributed by atoms with Crippen LogP contribution in [0.5, 0.6) is 5.75 Å². The second kappa shape index (κ2) is 8.18. The average Bonchev–Trinajstić information content (AvgIpc) is 2.74. The van der Waals surface area contributed by atoms with Crippen LogP contribution in [0.15, 0.2) is 48.5 Å². The maximum Gasteiger partial charge on any atom is 0.149 e. The zero-order valence-corrected chi connectivity index (χ0v) is 16.7. The SMILES string of the molecule is Cc1cc(OC2CCN(C(C)c3ccccc3C#N)CC2)c2cccc(F)c2n1. The van der Waals surface area contributed by atoms with Crippen LogP contribution < -0.4 is 4.74 Å². The van der Waals surface area contributed by atoms with E-state index in [4.69, 9.17) is 4.74 Å². The van der Waals surface area contributed by atoms with Crippen molar-refractivity contribution in [2.45, 2.75) is 38.8 Å². The van der Waals surface area contributed by atoms with Crippen LogP contribution in [0.2, 0.25) is 0 Å². The summed E-state index contributed by atoms with van der Waals surface area (Å²) in [6, 6.07) is 17.1. The van der Waals surface area contributed by atoms with Crippen LogP contribution in [0.25, 0.3) is 10.9 Å². The lowest BCUT2D eigenvalue weighted by Crippen LogP contribution is -2.39. The number of halogens is 1. The van der Waals surface area contributed by atoms with Gasteiger partial charge in [0.25, 0.3) is 0 Å².